The van der Waals surface area contributed by atoms with E-state index in [-0.39, 0.29) is 24.1 Å². The lowest BCUT2D eigenvalue weighted by atomic mass is 9.76. The van der Waals surface area contributed by atoms with E-state index < -0.39 is 23.2 Å². The van der Waals surface area contributed by atoms with Gasteiger partial charge in [0.1, 0.15) is 0 Å². The summed E-state index contributed by atoms with van der Waals surface area (Å²) in [5.74, 6) is -1.12. The Morgan fingerprint density at radius 3 is 2.54 bits per heavy atom. The fourth-order valence-corrected chi connectivity index (χ4v) is 4.67. The van der Waals surface area contributed by atoms with Gasteiger partial charge in [0.05, 0.1) is 23.8 Å². The number of amides is 2. The van der Waals surface area contributed by atoms with E-state index in [0.717, 1.165) is 36.6 Å². The van der Waals surface area contributed by atoms with Crippen LogP contribution in [0.4, 0.5) is 13.2 Å². The Morgan fingerprint density at radius 1 is 1.26 bits per heavy atom. The zero-order chi connectivity index (χ0) is 25.6. The highest BCUT2D eigenvalue weighted by Crippen LogP contribution is 2.36. The molecule has 2 aliphatic rings. The number of allylic oxidation sites excluding steroid dienone is 1. The van der Waals surface area contributed by atoms with Crippen LogP contribution >= 0.6 is 0 Å². The lowest BCUT2D eigenvalue weighted by molar-refractivity contribution is -0.137. The quantitative estimate of drug-likeness (QED) is 0.485. The first-order valence-corrected chi connectivity index (χ1v) is 11.9. The molecular formula is C25H33F3N4O3. The minimum absolute atomic E-state index is 0.0449. The third-order valence-electron chi connectivity index (χ3n) is 6.70. The van der Waals surface area contributed by atoms with Crippen molar-refractivity contribution in [1.82, 2.24) is 15.5 Å². The highest BCUT2D eigenvalue weighted by Gasteiger charge is 2.40. The molecule has 1 aliphatic heterocycles. The molecule has 0 aromatic heterocycles. The molecular weight excluding hydrogens is 461 g/mol. The van der Waals surface area contributed by atoms with E-state index in [4.69, 9.17) is 0 Å². The van der Waals surface area contributed by atoms with Gasteiger partial charge in [-0.15, -0.1) is 0 Å². The van der Waals surface area contributed by atoms with Gasteiger partial charge >= 0.3 is 6.18 Å². The number of hydrogen-bond donors (Lipinski definition) is 3. The molecule has 0 bridgehead atoms. The average molecular weight is 495 g/mol. The number of likely N-dealkylation sites (tertiary alicyclic amines) is 1. The van der Waals surface area contributed by atoms with Gasteiger partial charge in [-0.05, 0) is 63.3 Å². The second-order valence-electron chi connectivity index (χ2n) is 9.11. The third kappa shape index (κ3) is 6.91. The van der Waals surface area contributed by atoms with Gasteiger partial charge in [-0.25, -0.2) is 0 Å². The standard InChI is InChI=1S/C25H33F3N4O3/c1-3-18(13-29-4-2)24(35)10-8-21(9-11-24)32-15-20(16-32)31-22(33)14-30-23(34)17-6-5-7-19(12-17)25(26,27)28/h3,5-7,12-13,20-21,35H,4,8-11,14-16H2,1-2H3,(H,30,34)(H,31,33)/b18-3+,29-13-/t21-,24-. The maximum Gasteiger partial charge on any atom is 0.416 e. The predicted molar refractivity (Wildman–Crippen MR) is 127 cm³/mol. The molecule has 1 heterocycles. The Morgan fingerprint density at radius 2 is 1.94 bits per heavy atom. The number of carbonyl (C=O) groups is 2. The molecule has 0 radical (unpaired) electrons. The summed E-state index contributed by atoms with van der Waals surface area (Å²) in [5.41, 5.74) is -1.05. The molecule has 192 valence electrons. The Hall–Kier alpha value is -2.72. The first-order chi connectivity index (χ1) is 16.6. The maximum atomic E-state index is 12.8. The first kappa shape index (κ1) is 26.9. The van der Waals surface area contributed by atoms with Crippen LogP contribution in [-0.2, 0) is 11.0 Å². The van der Waals surface area contributed by atoms with Crippen molar-refractivity contribution in [1.29, 1.82) is 0 Å². The van der Waals surface area contributed by atoms with Gasteiger partial charge in [-0.2, -0.15) is 13.2 Å². The van der Waals surface area contributed by atoms with E-state index >= 15 is 0 Å². The van der Waals surface area contributed by atoms with Crippen LogP contribution in [0.2, 0.25) is 0 Å². The van der Waals surface area contributed by atoms with Gasteiger partial charge in [0.15, 0.2) is 0 Å². The SMILES string of the molecule is C/C=C(\C=N/CC)[C@]1(O)CC[C@H](N2CC(NC(=O)CNC(=O)c3cccc(C(F)(F)F)c3)C2)CC1. The number of carbonyl (C=O) groups excluding carboxylic acids is 2. The molecule has 0 atom stereocenters. The molecule has 0 spiro atoms. The van der Waals surface area contributed by atoms with Gasteiger partial charge in [0, 0.05) is 37.5 Å². The molecule has 7 nitrogen and oxygen atoms in total. The monoisotopic (exact) mass is 494 g/mol. The van der Waals surface area contributed by atoms with Gasteiger partial charge in [-0.3, -0.25) is 19.5 Å². The number of alkyl halides is 3. The number of nitrogens with zero attached hydrogens (tertiary/aromatic N) is 2. The van der Waals surface area contributed by atoms with Gasteiger partial charge in [-0.1, -0.05) is 12.1 Å². The van der Waals surface area contributed by atoms with Crippen molar-refractivity contribution >= 4 is 18.0 Å². The van der Waals surface area contributed by atoms with Crippen molar-refractivity contribution in [2.24, 2.45) is 4.99 Å². The van der Waals surface area contributed by atoms with Crippen LogP contribution in [0.25, 0.3) is 0 Å². The summed E-state index contributed by atoms with van der Waals surface area (Å²) >= 11 is 0. The van der Waals surface area contributed by atoms with Crippen LogP contribution in [-0.4, -0.2) is 71.9 Å². The van der Waals surface area contributed by atoms with E-state index in [9.17, 15) is 27.9 Å². The topological polar surface area (TPSA) is 94.0 Å². The summed E-state index contributed by atoms with van der Waals surface area (Å²) in [7, 11) is 0. The number of nitrogens with one attached hydrogen (secondary N) is 2. The highest BCUT2D eigenvalue weighted by atomic mass is 19.4. The number of hydrogen-bond acceptors (Lipinski definition) is 5. The van der Waals surface area contributed by atoms with Gasteiger partial charge < -0.3 is 15.7 Å². The Kier molecular flexibility index (Phi) is 8.71. The Balaban J connectivity index is 1.39. The molecule has 3 rings (SSSR count). The highest BCUT2D eigenvalue weighted by molar-refractivity contribution is 5.96. The molecule has 10 heteroatoms. The predicted octanol–water partition coefficient (Wildman–Crippen LogP) is 2.95. The van der Waals surface area contributed by atoms with E-state index in [2.05, 4.69) is 20.5 Å². The molecule has 2 fully saturated rings. The second-order valence-corrected chi connectivity index (χ2v) is 9.11. The molecule has 3 N–H and O–H groups in total. The van der Waals surface area contributed by atoms with Crippen molar-refractivity contribution in [2.75, 3.05) is 26.2 Å². The molecule has 1 aromatic carbocycles. The lowest BCUT2D eigenvalue weighted by Gasteiger charge is -2.48. The molecule has 1 aliphatic carbocycles. The number of rotatable bonds is 8. The van der Waals surface area contributed by atoms with E-state index in [1.165, 1.54) is 6.07 Å². The summed E-state index contributed by atoms with van der Waals surface area (Å²) in [4.78, 5) is 30.9. The minimum atomic E-state index is -4.54. The van der Waals surface area contributed by atoms with E-state index in [0.29, 0.717) is 38.5 Å². The fraction of sp³-hybridized carbons (Fsp3) is 0.560. The van der Waals surface area contributed by atoms with Crippen molar-refractivity contribution in [3.8, 4) is 0 Å². The molecule has 0 unspecified atom stereocenters. The van der Waals surface area contributed by atoms with Gasteiger partial charge in [0.25, 0.3) is 5.91 Å². The largest absolute Gasteiger partial charge is 0.416 e. The molecule has 1 saturated carbocycles. The van der Waals surface area contributed by atoms with Crippen LogP contribution < -0.4 is 10.6 Å². The average Bonchev–Trinajstić information content (AvgIpc) is 2.80. The summed E-state index contributed by atoms with van der Waals surface area (Å²) < 4.78 is 38.4. The lowest BCUT2D eigenvalue weighted by Crippen LogP contribution is -2.63. The molecule has 2 amide bonds. The van der Waals surface area contributed by atoms with Crippen LogP contribution in [0.5, 0.6) is 0 Å². The Labute approximate surface area is 203 Å². The molecule has 1 aromatic rings. The third-order valence-corrected chi connectivity index (χ3v) is 6.70. The molecule has 1 saturated heterocycles. The van der Waals surface area contributed by atoms with Crippen molar-refractivity contribution < 1.29 is 27.9 Å². The summed E-state index contributed by atoms with van der Waals surface area (Å²) in [6, 6.07) is 4.37. The number of halogens is 3. The first-order valence-electron chi connectivity index (χ1n) is 11.9. The summed E-state index contributed by atoms with van der Waals surface area (Å²) in [6.07, 6.45) is 2.15. The maximum absolute atomic E-state index is 12.8. The minimum Gasteiger partial charge on any atom is -0.385 e. The summed E-state index contributed by atoms with van der Waals surface area (Å²) in [6.45, 7) is 5.59. The van der Waals surface area contributed by atoms with Crippen molar-refractivity contribution in [3.05, 3.63) is 47.0 Å². The van der Waals surface area contributed by atoms with Crippen LogP contribution in [0, 0.1) is 0 Å². The summed E-state index contributed by atoms with van der Waals surface area (Å²) in [5, 5.41) is 16.2. The van der Waals surface area contributed by atoms with Crippen LogP contribution in [0.3, 0.4) is 0 Å². The van der Waals surface area contributed by atoms with Crippen LogP contribution in [0.15, 0.2) is 40.9 Å². The second kappa shape index (κ2) is 11.3. The van der Waals surface area contributed by atoms with Crippen molar-refractivity contribution in [2.45, 2.75) is 63.4 Å². The molecule has 35 heavy (non-hydrogen) atoms. The number of benzene rings is 1. The van der Waals surface area contributed by atoms with Gasteiger partial charge in [0.2, 0.25) is 5.91 Å². The normalized spacial score (nSPS) is 24.3. The zero-order valence-electron chi connectivity index (χ0n) is 20.1. The van der Waals surface area contributed by atoms with E-state index in [1.807, 2.05) is 19.9 Å². The Bertz CT molecular complexity index is 963. The fourth-order valence-electron chi connectivity index (χ4n) is 4.67. The zero-order valence-corrected chi connectivity index (χ0v) is 20.1. The number of aliphatic imine (C=N–C) groups is 1. The van der Waals surface area contributed by atoms with Crippen LogP contribution in [0.1, 0.15) is 55.5 Å². The smallest absolute Gasteiger partial charge is 0.385 e. The van der Waals surface area contributed by atoms with Crippen molar-refractivity contribution in [3.63, 3.8) is 0 Å². The number of aliphatic hydroxyl groups is 1. The van der Waals surface area contributed by atoms with E-state index in [1.54, 1.807) is 6.21 Å².